The fourth-order valence-corrected chi connectivity index (χ4v) is 3.05. The summed E-state index contributed by atoms with van der Waals surface area (Å²) in [4.78, 5) is 12.2. The Morgan fingerprint density at radius 1 is 0.913 bits per heavy atom. The highest BCUT2D eigenvalue weighted by molar-refractivity contribution is 7.90. The Bertz CT molecular complexity index is 799. The molecule has 2 rings (SSSR count). The average molecular weight is 331 g/mol. The van der Waals surface area contributed by atoms with Gasteiger partial charge in [-0.1, -0.05) is 50.6 Å². The molecule has 2 aromatic rings. The minimum absolute atomic E-state index is 0.0248. The third-order valence-corrected chi connectivity index (χ3v) is 4.92. The summed E-state index contributed by atoms with van der Waals surface area (Å²) >= 11 is 0. The molecule has 23 heavy (non-hydrogen) atoms. The first-order chi connectivity index (χ1) is 10.6. The van der Waals surface area contributed by atoms with E-state index in [9.17, 15) is 13.2 Å². The van der Waals surface area contributed by atoms with Crippen molar-refractivity contribution in [2.45, 2.75) is 38.0 Å². The van der Waals surface area contributed by atoms with Crippen LogP contribution in [0.4, 0.5) is 0 Å². The molecule has 5 heteroatoms. The van der Waals surface area contributed by atoms with Gasteiger partial charge in [0.1, 0.15) is 0 Å². The van der Waals surface area contributed by atoms with E-state index in [1.165, 1.54) is 12.1 Å². The van der Waals surface area contributed by atoms with Crippen LogP contribution >= 0.6 is 0 Å². The second kappa shape index (κ2) is 6.16. The number of hydrogen-bond acceptors (Lipinski definition) is 3. The summed E-state index contributed by atoms with van der Waals surface area (Å²) in [6, 6.07) is 13.3. The van der Waals surface area contributed by atoms with Gasteiger partial charge in [-0.05, 0) is 42.2 Å². The molecule has 0 radical (unpaired) electrons. The Hall–Kier alpha value is -2.14. The fourth-order valence-electron chi connectivity index (χ4n) is 2.08. The van der Waals surface area contributed by atoms with Crippen LogP contribution in [0.2, 0.25) is 0 Å². The van der Waals surface area contributed by atoms with Crippen LogP contribution in [0.1, 0.15) is 42.3 Å². The topological polar surface area (TPSA) is 63.2 Å². The summed E-state index contributed by atoms with van der Waals surface area (Å²) in [6.45, 7) is 8.09. The molecule has 0 saturated carbocycles. The molecule has 0 bridgehead atoms. The van der Waals surface area contributed by atoms with E-state index < -0.39 is 15.9 Å². The standard InChI is InChI=1S/C18H21NO3S/c1-13-5-11-16(12-6-13)23(21,22)19-17(20)14-7-9-15(10-8-14)18(2,3)4/h5-12H,1-4H3,(H,19,20). The van der Waals surface area contributed by atoms with Crippen molar-refractivity contribution in [3.05, 3.63) is 65.2 Å². The van der Waals surface area contributed by atoms with Gasteiger partial charge in [0.2, 0.25) is 0 Å². The van der Waals surface area contributed by atoms with Crippen molar-refractivity contribution in [1.82, 2.24) is 4.72 Å². The smallest absolute Gasteiger partial charge is 0.264 e. The van der Waals surface area contributed by atoms with Crippen LogP contribution < -0.4 is 4.72 Å². The monoisotopic (exact) mass is 331 g/mol. The molecule has 1 amide bonds. The first-order valence-electron chi connectivity index (χ1n) is 7.34. The molecule has 2 aromatic carbocycles. The van der Waals surface area contributed by atoms with E-state index in [2.05, 4.69) is 25.5 Å². The molecule has 122 valence electrons. The van der Waals surface area contributed by atoms with Crippen molar-refractivity contribution >= 4 is 15.9 Å². The molecule has 0 fully saturated rings. The summed E-state index contributed by atoms with van der Waals surface area (Å²) in [5.41, 5.74) is 2.32. The lowest BCUT2D eigenvalue weighted by atomic mass is 9.87. The van der Waals surface area contributed by atoms with Crippen molar-refractivity contribution < 1.29 is 13.2 Å². The molecule has 0 aromatic heterocycles. The Morgan fingerprint density at radius 3 is 1.91 bits per heavy atom. The second-order valence-electron chi connectivity index (χ2n) is 6.58. The number of hydrogen-bond donors (Lipinski definition) is 1. The lowest BCUT2D eigenvalue weighted by molar-refractivity contribution is 0.0981. The first kappa shape index (κ1) is 17.2. The van der Waals surface area contributed by atoms with Gasteiger partial charge in [-0.15, -0.1) is 0 Å². The summed E-state index contributed by atoms with van der Waals surface area (Å²) in [5, 5.41) is 0. The van der Waals surface area contributed by atoms with E-state index >= 15 is 0 Å². The number of rotatable bonds is 3. The zero-order valence-corrected chi connectivity index (χ0v) is 14.6. The van der Waals surface area contributed by atoms with Gasteiger partial charge in [-0.3, -0.25) is 4.79 Å². The predicted octanol–water partition coefficient (Wildman–Crippen LogP) is 3.41. The van der Waals surface area contributed by atoms with Gasteiger partial charge >= 0.3 is 0 Å². The Morgan fingerprint density at radius 2 is 1.43 bits per heavy atom. The van der Waals surface area contributed by atoms with E-state index in [1.54, 1.807) is 24.3 Å². The van der Waals surface area contributed by atoms with Crippen LogP contribution in [0, 0.1) is 6.92 Å². The number of benzene rings is 2. The largest absolute Gasteiger partial charge is 0.268 e. The van der Waals surface area contributed by atoms with E-state index in [1.807, 2.05) is 19.1 Å². The molecule has 0 aliphatic carbocycles. The van der Waals surface area contributed by atoms with Crippen molar-refractivity contribution in [2.24, 2.45) is 0 Å². The molecule has 0 saturated heterocycles. The number of carbonyl (C=O) groups is 1. The normalized spacial score (nSPS) is 12.0. The maximum atomic E-state index is 12.2. The Labute approximate surface area is 137 Å². The van der Waals surface area contributed by atoms with Gasteiger partial charge < -0.3 is 0 Å². The van der Waals surface area contributed by atoms with E-state index in [4.69, 9.17) is 0 Å². The second-order valence-corrected chi connectivity index (χ2v) is 8.26. The highest BCUT2D eigenvalue weighted by atomic mass is 32.2. The third kappa shape index (κ3) is 4.20. The summed E-state index contributed by atoms with van der Waals surface area (Å²) < 4.78 is 26.5. The van der Waals surface area contributed by atoms with Crippen molar-refractivity contribution in [2.75, 3.05) is 0 Å². The number of aryl methyl sites for hydroxylation is 1. The minimum Gasteiger partial charge on any atom is -0.268 e. The lowest BCUT2D eigenvalue weighted by Crippen LogP contribution is -2.30. The predicted molar refractivity (Wildman–Crippen MR) is 91.0 cm³/mol. The summed E-state index contributed by atoms with van der Waals surface area (Å²) in [6.07, 6.45) is 0. The molecule has 0 unspecified atom stereocenters. The molecule has 0 heterocycles. The lowest BCUT2D eigenvalue weighted by Gasteiger charge is -2.19. The van der Waals surface area contributed by atoms with Crippen LogP contribution in [-0.4, -0.2) is 14.3 Å². The molecule has 0 atom stereocenters. The van der Waals surface area contributed by atoms with E-state index in [-0.39, 0.29) is 10.3 Å². The van der Waals surface area contributed by atoms with E-state index in [0.717, 1.165) is 11.1 Å². The first-order valence-corrected chi connectivity index (χ1v) is 8.82. The quantitative estimate of drug-likeness (QED) is 0.937. The fraction of sp³-hybridized carbons (Fsp3) is 0.278. The molecule has 1 N–H and O–H groups in total. The third-order valence-electron chi connectivity index (χ3n) is 3.57. The van der Waals surface area contributed by atoms with Gasteiger partial charge in [0.05, 0.1) is 4.90 Å². The number of carbonyl (C=O) groups excluding carboxylic acids is 1. The number of nitrogens with one attached hydrogen (secondary N) is 1. The minimum atomic E-state index is -3.86. The molecule has 0 spiro atoms. The van der Waals surface area contributed by atoms with Crippen LogP contribution in [0.3, 0.4) is 0 Å². The van der Waals surface area contributed by atoms with Gasteiger partial charge in [0, 0.05) is 5.56 Å². The van der Waals surface area contributed by atoms with Crippen LogP contribution in [0.25, 0.3) is 0 Å². The summed E-state index contributed by atoms with van der Waals surface area (Å²) in [5.74, 6) is -0.633. The Balaban J connectivity index is 2.19. The number of amides is 1. The molecule has 0 aliphatic heterocycles. The summed E-state index contributed by atoms with van der Waals surface area (Å²) in [7, 11) is -3.86. The maximum absolute atomic E-state index is 12.2. The van der Waals surface area contributed by atoms with Gasteiger partial charge in [-0.2, -0.15) is 0 Å². The van der Waals surface area contributed by atoms with Gasteiger partial charge in [-0.25, -0.2) is 13.1 Å². The highest BCUT2D eigenvalue weighted by Crippen LogP contribution is 2.22. The maximum Gasteiger partial charge on any atom is 0.264 e. The zero-order chi connectivity index (χ0) is 17.3. The van der Waals surface area contributed by atoms with Crippen molar-refractivity contribution in [3.8, 4) is 0 Å². The molecular weight excluding hydrogens is 310 g/mol. The molecule has 0 aliphatic rings. The van der Waals surface area contributed by atoms with Crippen molar-refractivity contribution in [3.63, 3.8) is 0 Å². The Kier molecular flexibility index (Phi) is 4.61. The van der Waals surface area contributed by atoms with Crippen LogP contribution in [0.5, 0.6) is 0 Å². The number of sulfonamides is 1. The van der Waals surface area contributed by atoms with Gasteiger partial charge in [0.15, 0.2) is 0 Å². The molecular formula is C18H21NO3S. The SMILES string of the molecule is Cc1ccc(S(=O)(=O)NC(=O)c2ccc(C(C)(C)C)cc2)cc1. The average Bonchev–Trinajstić information content (AvgIpc) is 2.46. The van der Waals surface area contributed by atoms with Crippen LogP contribution in [-0.2, 0) is 15.4 Å². The van der Waals surface area contributed by atoms with Crippen molar-refractivity contribution in [1.29, 1.82) is 0 Å². The highest BCUT2D eigenvalue weighted by Gasteiger charge is 2.19. The zero-order valence-electron chi connectivity index (χ0n) is 13.8. The molecule has 4 nitrogen and oxygen atoms in total. The van der Waals surface area contributed by atoms with Gasteiger partial charge in [0.25, 0.3) is 15.9 Å². The van der Waals surface area contributed by atoms with Crippen LogP contribution in [0.15, 0.2) is 53.4 Å². The van der Waals surface area contributed by atoms with E-state index in [0.29, 0.717) is 5.56 Å².